The van der Waals surface area contributed by atoms with Crippen LogP contribution in [0.4, 0.5) is 0 Å². The predicted octanol–water partition coefficient (Wildman–Crippen LogP) is 3.55. The number of nitrogens with zero attached hydrogens (tertiary/aromatic N) is 2. The SMILES string of the molecule is CCNC(=NCc1ccccc1CC)NC1CC(C)N(C2CC2)C1.I. The van der Waals surface area contributed by atoms with Crippen LogP contribution in [0.25, 0.3) is 0 Å². The molecule has 5 heteroatoms. The van der Waals surface area contributed by atoms with Gasteiger partial charge in [0.1, 0.15) is 0 Å². The van der Waals surface area contributed by atoms with Gasteiger partial charge in [-0.3, -0.25) is 4.90 Å². The van der Waals surface area contributed by atoms with Crippen molar-refractivity contribution in [3.8, 4) is 0 Å². The van der Waals surface area contributed by atoms with Gasteiger partial charge in [0, 0.05) is 31.2 Å². The summed E-state index contributed by atoms with van der Waals surface area (Å²) >= 11 is 0. The molecule has 1 heterocycles. The summed E-state index contributed by atoms with van der Waals surface area (Å²) < 4.78 is 0. The molecule has 1 saturated carbocycles. The van der Waals surface area contributed by atoms with E-state index < -0.39 is 0 Å². The summed E-state index contributed by atoms with van der Waals surface area (Å²) in [4.78, 5) is 7.52. The number of hydrogen-bond donors (Lipinski definition) is 2. The number of aliphatic imine (C=N–C) groups is 1. The van der Waals surface area contributed by atoms with E-state index >= 15 is 0 Å². The van der Waals surface area contributed by atoms with Gasteiger partial charge in [-0.25, -0.2) is 4.99 Å². The first-order valence-electron chi connectivity index (χ1n) is 9.58. The van der Waals surface area contributed by atoms with Crippen LogP contribution in [-0.4, -0.2) is 42.1 Å². The van der Waals surface area contributed by atoms with Gasteiger partial charge in [0.25, 0.3) is 0 Å². The van der Waals surface area contributed by atoms with E-state index in [4.69, 9.17) is 4.99 Å². The van der Waals surface area contributed by atoms with Crippen molar-refractivity contribution in [1.82, 2.24) is 15.5 Å². The minimum absolute atomic E-state index is 0. The lowest BCUT2D eigenvalue weighted by Gasteiger charge is -2.20. The van der Waals surface area contributed by atoms with Crippen molar-refractivity contribution >= 4 is 29.9 Å². The molecular formula is C20H33IN4. The maximum Gasteiger partial charge on any atom is 0.191 e. The maximum atomic E-state index is 4.84. The molecule has 25 heavy (non-hydrogen) atoms. The summed E-state index contributed by atoms with van der Waals surface area (Å²) in [6.07, 6.45) is 5.05. The van der Waals surface area contributed by atoms with Crippen LogP contribution in [0.2, 0.25) is 0 Å². The van der Waals surface area contributed by atoms with Gasteiger partial charge in [-0.05, 0) is 50.7 Å². The fourth-order valence-electron chi connectivity index (χ4n) is 3.81. The van der Waals surface area contributed by atoms with Crippen molar-refractivity contribution in [3.05, 3.63) is 35.4 Å². The number of likely N-dealkylation sites (tertiary alicyclic amines) is 1. The molecule has 1 aromatic carbocycles. The quantitative estimate of drug-likeness (QED) is 0.391. The van der Waals surface area contributed by atoms with Gasteiger partial charge >= 0.3 is 0 Å². The Kier molecular flexibility index (Phi) is 8.00. The van der Waals surface area contributed by atoms with Gasteiger partial charge in [0.2, 0.25) is 0 Å². The summed E-state index contributed by atoms with van der Waals surface area (Å²) in [5.41, 5.74) is 2.73. The summed E-state index contributed by atoms with van der Waals surface area (Å²) in [6.45, 7) is 9.50. The van der Waals surface area contributed by atoms with Crippen LogP contribution in [-0.2, 0) is 13.0 Å². The second-order valence-corrected chi connectivity index (χ2v) is 7.17. The van der Waals surface area contributed by atoms with E-state index in [0.717, 1.165) is 38.1 Å². The molecule has 0 spiro atoms. The van der Waals surface area contributed by atoms with Gasteiger partial charge < -0.3 is 10.6 Å². The molecule has 2 atom stereocenters. The highest BCUT2D eigenvalue weighted by atomic mass is 127. The van der Waals surface area contributed by atoms with E-state index in [-0.39, 0.29) is 24.0 Å². The molecule has 2 aliphatic rings. The maximum absolute atomic E-state index is 4.84. The molecular weight excluding hydrogens is 423 g/mol. The van der Waals surface area contributed by atoms with Gasteiger partial charge in [0.05, 0.1) is 6.54 Å². The predicted molar refractivity (Wildman–Crippen MR) is 117 cm³/mol. The number of guanidine groups is 1. The topological polar surface area (TPSA) is 39.7 Å². The molecule has 0 aromatic heterocycles. The van der Waals surface area contributed by atoms with Gasteiger partial charge in [-0.15, -0.1) is 24.0 Å². The first kappa shape index (κ1) is 20.5. The highest BCUT2D eigenvalue weighted by Gasteiger charge is 2.38. The third-order valence-electron chi connectivity index (χ3n) is 5.23. The molecule has 1 saturated heterocycles. The molecule has 0 amide bonds. The molecule has 2 fully saturated rings. The smallest absolute Gasteiger partial charge is 0.191 e. The Hall–Kier alpha value is -0.820. The largest absolute Gasteiger partial charge is 0.357 e. The molecule has 0 bridgehead atoms. The van der Waals surface area contributed by atoms with Crippen molar-refractivity contribution < 1.29 is 0 Å². The van der Waals surface area contributed by atoms with Crippen molar-refractivity contribution in [2.75, 3.05) is 13.1 Å². The normalized spacial score (nSPS) is 24.0. The summed E-state index contributed by atoms with van der Waals surface area (Å²) in [6, 6.07) is 10.7. The first-order valence-corrected chi connectivity index (χ1v) is 9.58. The van der Waals surface area contributed by atoms with Gasteiger partial charge in [0.15, 0.2) is 5.96 Å². The number of hydrogen-bond acceptors (Lipinski definition) is 2. The molecule has 140 valence electrons. The third kappa shape index (κ3) is 5.58. The molecule has 0 radical (unpaired) electrons. The minimum Gasteiger partial charge on any atom is -0.357 e. The average Bonchev–Trinajstić information content (AvgIpc) is 3.36. The van der Waals surface area contributed by atoms with E-state index in [1.54, 1.807) is 0 Å². The molecule has 2 unspecified atom stereocenters. The zero-order valence-electron chi connectivity index (χ0n) is 15.8. The van der Waals surface area contributed by atoms with Crippen LogP contribution in [0.5, 0.6) is 0 Å². The third-order valence-corrected chi connectivity index (χ3v) is 5.23. The Bertz CT molecular complexity index is 571. The second kappa shape index (κ2) is 9.76. The second-order valence-electron chi connectivity index (χ2n) is 7.17. The van der Waals surface area contributed by atoms with Crippen molar-refractivity contribution in [3.63, 3.8) is 0 Å². The summed E-state index contributed by atoms with van der Waals surface area (Å²) in [7, 11) is 0. The molecule has 1 aliphatic carbocycles. The van der Waals surface area contributed by atoms with Crippen LogP contribution < -0.4 is 10.6 Å². The molecule has 1 aromatic rings. The number of nitrogens with one attached hydrogen (secondary N) is 2. The Labute approximate surface area is 169 Å². The average molecular weight is 456 g/mol. The molecule has 3 rings (SSSR count). The van der Waals surface area contributed by atoms with E-state index in [1.807, 2.05) is 0 Å². The Morgan fingerprint density at radius 2 is 1.92 bits per heavy atom. The first-order chi connectivity index (χ1) is 11.7. The zero-order chi connectivity index (χ0) is 16.9. The van der Waals surface area contributed by atoms with Gasteiger partial charge in [-0.2, -0.15) is 0 Å². The van der Waals surface area contributed by atoms with Gasteiger partial charge in [-0.1, -0.05) is 31.2 Å². The monoisotopic (exact) mass is 456 g/mol. The highest BCUT2D eigenvalue weighted by Crippen LogP contribution is 2.33. The lowest BCUT2D eigenvalue weighted by molar-refractivity contribution is 0.256. The van der Waals surface area contributed by atoms with Crippen LogP contribution >= 0.6 is 24.0 Å². The number of halogens is 1. The van der Waals surface area contributed by atoms with Crippen LogP contribution in [0.1, 0.15) is 51.2 Å². The standard InChI is InChI=1S/C20H32N4.HI/c1-4-16-8-6-7-9-17(16)13-22-20(21-5-2)23-18-12-15(3)24(14-18)19-10-11-19;/h6-9,15,18-19H,4-5,10-14H2,1-3H3,(H2,21,22,23);1H. The fourth-order valence-corrected chi connectivity index (χ4v) is 3.81. The molecule has 4 nitrogen and oxygen atoms in total. The Balaban J connectivity index is 0.00000225. The zero-order valence-corrected chi connectivity index (χ0v) is 18.1. The van der Waals surface area contributed by atoms with Crippen molar-refractivity contribution in [1.29, 1.82) is 0 Å². The van der Waals surface area contributed by atoms with E-state index in [9.17, 15) is 0 Å². The van der Waals surface area contributed by atoms with Crippen molar-refractivity contribution in [2.45, 2.75) is 71.1 Å². The van der Waals surface area contributed by atoms with Crippen LogP contribution in [0.3, 0.4) is 0 Å². The summed E-state index contributed by atoms with van der Waals surface area (Å²) in [5, 5.41) is 7.08. The van der Waals surface area contributed by atoms with E-state index in [1.165, 1.54) is 30.4 Å². The Morgan fingerprint density at radius 3 is 2.56 bits per heavy atom. The van der Waals surface area contributed by atoms with E-state index in [2.05, 4.69) is 60.6 Å². The van der Waals surface area contributed by atoms with Crippen LogP contribution in [0.15, 0.2) is 29.3 Å². The highest BCUT2D eigenvalue weighted by molar-refractivity contribution is 14.0. The number of aryl methyl sites for hydroxylation is 1. The fraction of sp³-hybridized carbons (Fsp3) is 0.650. The lowest BCUT2D eigenvalue weighted by Crippen LogP contribution is -2.44. The number of benzene rings is 1. The van der Waals surface area contributed by atoms with Crippen molar-refractivity contribution in [2.24, 2.45) is 4.99 Å². The molecule has 2 N–H and O–H groups in total. The minimum atomic E-state index is 0. The van der Waals surface area contributed by atoms with Crippen LogP contribution in [0, 0.1) is 0 Å². The Morgan fingerprint density at radius 1 is 1.20 bits per heavy atom. The summed E-state index contributed by atoms with van der Waals surface area (Å²) in [5.74, 6) is 0.957. The number of rotatable bonds is 6. The lowest BCUT2D eigenvalue weighted by atomic mass is 10.1. The van der Waals surface area contributed by atoms with E-state index in [0.29, 0.717) is 12.1 Å². The molecule has 1 aliphatic heterocycles.